The SMILES string of the molecule is Cc1nn(-c2ccc(F)cc2)c(Cl)c1C(=O)Nc1ccc(Oc2ccncc2)cc1. The van der Waals surface area contributed by atoms with E-state index >= 15 is 0 Å². The Morgan fingerprint density at radius 3 is 2.30 bits per heavy atom. The molecule has 0 saturated carbocycles. The first-order chi connectivity index (χ1) is 14.5. The molecular weight excluding hydrogens is 407 g/mol. The zero-order valence-corrected chi connectivity index (χ0v) is 16.6. The summed E-state index contributed by atoms with van der Waals surface area (Å²) >= 11 is 6.40. The summed E-state index contributed by atoms with van der Waals surface area (Å²) < 4.78 is 20.3. The monoisotopic (exact) mass is 422 g/mol. The molecule has 2 heterocycles. The van der Waals surface area contributed by atoms with Crippen molar-refractivity contribution in [3.05, 3.63) is 95.3 Å². The van der Waals surface area contributed by atoms with Crippen molar-refractivity contribution in [2.75, 3.05) is 5.32 Å². The third kappa shape index (κ3) is 4.16. The van der Waals surface area contributed by atoms with Gasteiger partial charge in [0.1, 0.15) is 28.0 Å². The summed E-state index contributed by atoms with van der Waals surface area (Å²) in [6, 6.07) is 16.1. The summed E-state index contributed by atoms with van der Waals surface area (Å²) in [5, 5.41) is 7.26. The number of amides is 1. The van der Waals surface area contributed by atoms with E-state index in [9.17, 15) is 9.18 Å². The number of halogens is 2. The van der Waals surface area contributed by atoms with Crippen LogP contribution in [0, 0.1) is 12.7 Å². The summed E-state index contributed by atoms with van der Waals surface area (Å²) in [5.74, 6) is 0.525. The average Bonchev–Trinajstić information content (AvgIpc) is 3.05. The van der Waals surface area contributed by atoms with E-state index in [1.807, 2.05) is 0 Å². The van der Waals surface area contributed by atoms with Crippen LogP contribution in [0.3, 0.4) is 0 Å². The highest BCUT2D eigenvalue weighted by Crippen LogP contribution is 2.26. The van der Waals surface area contributed by atoms with Gasteiger partial charge in [0.2, 0.25) is 0 Å². The predicted octanol–water partition coefficient (Wildman–Crippen LogP) is 5.41. The number of benzene rings is 2. The Morgan fingerprint density at radius 1 is 1.00 bits per heavy atom. The van der Waals surface area contributed by atoms with Gasteiger partial charge in [-0.1, -0.05) is 11.6 Å². The number of rotatable bonds is 5. The maximum Gasteiger partial charge on any atom is 0.260 e. The molecule has 0 spiro atoms. The Labute approximate surface area is 176 Å². The second-order valence-corrected chi connectivity index (χ2v) is 6.76. The second-order valence-electron chi connectivity index (χ2n) is 6.40. The minimum absolute atomic E-state index is 0.147. The van der Waals surface area contributed by atoms with Crippen molar-refractivity contribution in [1.82, 2.24) is 14.8 Å². The van der Waals surface area contributed by atoms with Gasteiger partial charge < -0.3 is 10.1 Å². The van der Waals surface area contributed by atoms with Gasteiger partial charge in [0.25, 0.3) is 5.91 Å². The van der Waals surface area contributed by atoms with Crippen LogP contribution in [0.4, 0.5) is 10.1 Å². The molecule has 0 bridgehead atoms. The molecule has 8 heteroatoms. The van der Waals surface area contributed by atoms with Gasteiger partial charge in [-0.15, -0.1) is 0 Å². The first-order valence-electron chi connectivity index (χ1n) is 9.01. The third-order valence-electron chi connectivity index (χ3n) is 4.30. The standard InChI is InChI=1S/C22H16ClFN4O2/c1-14-20(21(23)28(27-14)17-6-2-15(24)3-7-17)22(29)26-16-4-8-18(9-5-16)30-19-10-12-25-13-11-19/h2-13H,1H3,(H,26,29). The molecule has 0 atom stereocenters. The zero-order valence-electron chi connectivity index (χ0n) is 15.8. The quantitative estimate of drug-likeness (QED) is 0.466. The van der Waals surface area contributed by atoms with E-state index in [0.717, 1.165) is 0 Å². The van der Waals surface area contributed by atoms with Crippen LogP contribution in [0.2, 0.25) is 5.15 Å². The molecule has 0 radical (unpaired) electrons. The van der Waals surface area contributed by atoms with Crippen LogP contribution in [0.15, 0.2) is 73.1 Å². The molecular formula is C22H16ClFN4O2. The third-order valence-corrected chi connectivity index (χ3v) is 4.65. The minimum Gasteiger partial charge on any atom is -0.457 e. The Morgan fingerprint density at radius 2 is 1.63 bits per heavy atom. The molecule has 0 aliphatic heterocycles. The van der Waals surface area contributed by atoms with Crippen LogP contribution in [0.25, 0.3) is 5.69 Å². The van der Waals surface area contributed by atoms with E-state index in [4.69, 9.17) is 16.3 Å². The maximum absolute atomic E-state index is 13.2. The number of nitrogens with one attached hydrogen (secondary N) is 1. The molecule has 1 amide bonds. The topological polar surface area (TPSA) is 69.0 Å². The largest absolute Gasteiger partial charge is 0.457 e. The molecule has 6 nitrogen and oxygen atoms in total. The van der Waals surface area contributed by atoms with E-state index in [2.05, 4.69) is 15.4 Å². The number of carbonyl (C=O) groups is 1. The average molecular weight is 423 g/mol. The number of ether oxygens (including phenoxy) is 1. The molecule has 30 heavy (non-hydrogen) atoms. The van der Waals surface area contributed by atoms with E-state index < -0.39 is 5.91 Å². The maximum atomic E-state index is 13.2. The number of nitrogens with zero attached hydrogens (tertiary/aromatic N) is 3. The lowest BCUT2D eigenvalue weighted by Gasteiger charge is -2.08. The summed E-state index contributed by atoms with van der Waals surface area (Å²) in [7, 11) is 0. The lowest BCUT2D eigenvalue weighted by atomic mass is 10.2. The van der Waals surface area contributed by atoms with Gasteiger partial charge in [-0.05, 0) is 67.6 Å². The summed E-state index contributed by atoms with van der Waals surface area (Å²) in [4.78, 5) is 16.7. The smallest absolute Gasteiger partial charge is 0.260 e. The van der Waals surface area contributed by atoms with E-state index in [1.54, 1.807) is 55.7 Å². The lowest BCUT2D eigenvalue weighted by molar-refractivity contribution is 0.102. The molecule has 2 aromatic carbocycles. The van der Waals surface area contributed by atoms with Gasteiger partial charge in [-0.2, -0.15) is 5.10 Å². The first-order valence-corrected chi connectivity index (χ1v) is 9.39. The Bertz CT molecular complexity index is 1180. The van der Waals surface area contributed by atoms with Crippen LogP contribution < -0.4 is 10.1 Å². The lowest BCUT2D eigenvalue weighted by Crippen LogP contribution is -2.13. The van der Waals surface area contributed by atoms with Gasteiger partial charge in [0, 0.05) is 18.1 Å². The van der Waals surface area contributed by atoms with Crippen LogP contribution in [-0.2, 0) is 0 Å². The normalized spacial score (nSPS) is 10.6. The summed E-state index contributed by atoms with van der Waals surface area (Å²) in [6.07, 6.45) is 3.28. The van der Waals surface area contributed by atoms with Crippen molar-refractivity contribution in [3.8, 4) is 17.2 Å². The highest BCUT2D eigenvalue weighted by molar-refractivity contribution is 6.34. The fourth-order valence-electron chi connectivity index (χ4n) is 2.85. The number of anilines is 1. The van der Waals surface area contributed by atoms with Gasteiger partial charge >= 0.3 is 0 Å². The fourth-order valence-corrected chi connectivity index (χ4v) is 3.21. The van der Waals surface area contributed by atoms with Crippen LogP contribution >= 0.6 is 11.6 Å². The molecule has 4 aromatic rings. The van der Waals surface area contributed by atoms with Crippen molar-refractivity contribution in [2.45, 2.75) is 6.92 Å². The minimum atomic E-state index is -0.395. The first kappa shape index (κ1) is 19.6. The van der Waals surface area contributed by atoms with Crippen molar-refractivity contribution < 1.29 is 13.9 Å². The molecule has 0 aliphatic rings. The summed E-state index contributed by atoms with van der Waals surface area (Å²) in [5.41, 5.74) is 1.84. The van der Waals surface area contributed by atoms with Crippen LogP contribution in [0.5, 0.6) is 11.5 Å². The Balaban J connectivity index is 1.51. The Hall–Kier alpha value is -3.71. The number of pyridine rings is 1. The summed E-state index contributed by atoms with van der Waals surface area (Å²) in [6.45, 7) is 1.69. The Kier molecular flexibility index (Phi) is 5.45. The number of aryl methyl sites for hydroxylation is 1. The van der Waals surface area contributed by atoms with Gasteiger partial charge in [-0.3, -0.25) is 9.78 Å². The van der Waals surface area contributed by atoms with E-state index in [0.29, 0.717) is 28.6 Å². The fraction of sp³-hybridized carbons (Fsp3) is 0.0455. The molecule has 4 rings (SSSR count). The van der Waals surface area contributed by atoms with Crippen LogP contribution in [-0.4, -0.2) is 20.7 Å². The highest BCUT2D eigenvalue weighted by atomic mass is 35.5. The van der Waals surface area contributed by atoms with Gasteiger partial charge in [0.05, 0.1) is 11.4 Å². The van der Waals surface area contributed by atoms with Crippen molar-refractivity contribution in [1.29, 1.82) is 0 Å². The molecule has 0 saturated heterocycles. The van der Waals surface area contributed by atoms with E-state index in [1.165, 1.54) is 28.9 Å². The van der Waals surface area contributed by atoms with Crippen LogP contribution in [0.1, 0.15) is 16.1 Å². The van der Waals surface area contributed by atoms with Gasteiger partial charge in [0.15, 0.2) is 0 Å². The number of carbonyl (C=O) groups excluding carboxylic acids is 1. The predicted molar refractivity (Wildman–Crippen MR) is 112 cm³/mol. The highest BCUT2D eigenvalue weighted by Gasteiger charge is 2.21. The zero-order chi connectivity index (χ0) is 21.1. The number of hydrogen-bond acceptors (Lipinski definition) is 4. The number of hydrogen-bond donors (Lipinski definition) is 1. The molecule has 150 valence electrons. The van der Waals surface area contributed by atoms with Gasteiger partial charge in [-0.25, -0.2) is 9.07 Å². The van der Waals surface area contributed by atoms with Crippen molar-refractivity contribution in [3.63, 3.8) is 0 Å². The molecule has 0 unspecified atom stereocenters. The second kappa shape index (κ2) is 8.34. The molecule has 1 N–H and O–H groups in total. The molecule has 2 aromatic heterocycles. The molecule has 0 fully saturated rings. The van der Waals surface area contributed by atoms with E-state index in [-0.39, 0.29) is 16.5 Å². The number of aromatic nitrogens is 3. The van der Waals surface area contributed by atoms with Crippen molar-refractivity contribution in [2.24, 2.45) is 0 Å². The van der Waals surface area contributed by atoms with Crippen molar-refractivity contribution >= 4 is 23.2 Å². The molecule has 0 aliphatic carbocycles.